The topological polar surface area (TPSA) is 70.2 Å². The van der Waals surface area contributed by atoms with Gasteiger partial charge in [-0.2, -0.15) is 0 Å². The molecule has 37 heavy (non-hydrogen) atoms. The van der Waals surface area contributed by atoms with Gasteiger partial charge in [0.15, 0.2) is 0 Å². The number of carbonyl (C=O) groups excluding carboxylic acids is 2. The molecule has 3 aromatic carbocycles. The first-order valence-electron chi connectivity index (χ1n) is 12.3. The fourth-order valence-electron chi connectivity index (χ4n) is 5.05. The van der Waals surface area contributed by atoms with E-state index in [0.29, 0.717) is 30.4 Å². The Morgan fingerprint density at radius 1 is 0.892 bits per heavy atom. The third kappa shape index (κ3) is 7.02. The summed E-state index contributed by atoms with van der Waals surface area (Å²) >= 11 is 3.47. The number of likely N-dealkylation sites (N-methyl/N-ethyl adjacent to an activating group) is 1. The molecule has 0 aliphatic heterocycles. The van der Waals surface area contributed by atoms with E-state index in [9.17, 15) is 18.4 Å². The average Bonchev–Trinajstić information content (AvgIpc) is 2.89. The van der Waals surface area contributed by atoms with Gasteiger partial charge in [-0.1, -0.05) is 52.3 Å². The van der Waals surface area contributed by atoms with E-state index in [1.807, 2.05) is 24.3 Å². The van der Waals surface area contributed by atoms with Gasteiger partial charge in [0.2, 0.25) is 11.8 Å². The quantitative estimate of drug-likeness (QED) is 0.348. The lowest BCUT2D eigenvalue weighted by molar-refractivity contribution is -0.127. The Morgan fingerprint density at radius 2 is 1.46 bits per heavy atom. The molecule has 2 amide bonds. The Kier molecular flexibility index (Phi) is 9.05. The number of carbonyl (C=O) groups is 2. The summed E-state index contributed by atoms with van der Waals surface area (Å²) in [5.74, 6) is -1.39. The van der Waals surface area contributed by atoms with Gasteiger partial charge in [0, 0.05) is 16.4 Å². The highest BCUT2D eigenvalue weighted by Gasteiger charge is 2.37. The van der Waals surface area contributed by atoms with Crippen LogP contribution in [-0.2, 0) is 9.59 Å². The van der Waals surface area contributed by atoms with Crippen LogP contribution in [0.3, 0.4) is 0 Å². The minimum Gasteiger partial charge on any atom is -0.352 e. The van der Waals surface area contributed by atoms with E-state index in [1.54, 1.807) is 31.3 Å². The van der Waals surface area contributed by atoms with Gasteiger partial charge < -0.3 is 16.0 Å². The van der Waals surface area contributed by atoms with Crippen molar-refractivity contribution in [3.8, 4) is 0 Å². The number of halogens is 3. The summed E-state index contributed by atoms with van der Waals surface area (Å²) in [4.78, 5) is 26.0. The van der Waals surface area contributed by atoms with Crippen LogP contribution in [0.5, 0.6) is 0 Å². The van der Waals surface area contributed by atoms with E-state index in [2.05, 4.69) is 31.9 Å². The van der Waals surface area contributed by atoms with Gasteiger partial charge in [0.1, 0.15) is 11.6 Å². The number of hydrogen-bond acceptors (Lipinski definition) is 3. The molecule has 194 valence electrons. The summed E-state index contributed by atoms with van der Waals surface area (Å²) in [7, 11) is 1.73. The molecule has 0 spiro atoms. The van der Waals surface area contributed by atoms with Gasteiger partial charge in [0.05, 0.1) is 12.6 Å². The summed E-state index contributed by atoms with van der Waals surface area (Å²) in [6.45, 7) is 0.236. The Labute approximate surface area is 224 Å². The van der Waals surface area contributed by atoms with Crippen molar-refractivity contribution in [3.63, 3.8) is 0 Å². The zero-order valence-corrected chi connectivity index (χ0v) is 22.1. The highest BCUT2D eigenvalue weighted by molar-refractivity contribution is 9.10. The minimum atomic E-state index is -0.563. The van der Waals surface area contributed by atoms with Gasteiger partial charge in [-0.15, -0.1) is 0 Å². The molecule has 0 bridgehead atoms. The lowest BCUT2D eigenvalue weighted by Crippen LogP contribution is -2.46. The lowest BCUT2D eigenvalue weighted by atomic mass is 9.73. The molecule has 8 heteroatoms. The van der Waals surface area contributed by atoms with Crippen LogP contribution in [-0.4, -0.2) is 31.4 Å². The van der Waals surface area contributed by atoms with Crippen LogP contribution < -0.4 is 16.0 Å². The van der Waals surface area contributed by atoms with Gasteiger partial charge >= 0.3 is 0 Å². The van der Waals surface area contributed by atoms with Crippen LogP contribution in [0.15, 0.2) is 77.3 Å². The monoisotopic (exact) mass is 569 g/mol. The van der Waals surface area contributed by atoms with E-state index in [0.717, 1.165) is 10.0 Å². The Bertz CT molecular complexity index is 1160. The molecule has 1 fully saturated rings. The molecule has 3 atom stereocenters. The Morgan fingerprint density at radius 3 is 2.00 bits per heavy atom. The van der Waals surface area contributed by atoms with Crippen molar-refractivity contribution in [2.45, 2.75) is 37.3 Å². The third-order valence-corrected chi connectivity index (χ3v) is 7.41. The smallest absolute Gasteiger partial charge is 0.234 e. The molecular weight excluding hydrogens is 540 g/mol. The highest BCUT2D eigenvalue weighted by atomic mass is 79.9. The molecule has 0 unspecified atom stereocenters. The SMILES string of the molecule is CNCC(=O)N[C@@H]1CC[C@@H](C(=O)NC(c2ccc(F)cc2)c2ccc(F)cc2)[C@H](c2ccc(Br)cc2)C1. The average molecular weight is 570 g/mol. The van der Waals surface area contributed by atoms with E-state index in [4.69, 9.17) is 0 Å². The summed E-state index contributed by atoms with van der Waals surface area (Å²) < 4.78 is 28.2. The van der Waals surface area contributed by atoms with Crippen LogP contribution >= 0.6 is 15.9 Å². The van der Waals surface area contributed by atoms with Crippen molar-refractivity contribution in [1.82, 2.24) is 16.0 Å². The van der Waals surface area contributed by atoms with E-state index >= 15 is 0 Å². The zero-order chi connectivity index (χ0) is 26.4. The number of amides is 2. The normalized spacial score (nSPS) is 19.4. The number of benzene rings is 3. The van der Waals surface area contributed by atoms with Gasteiger partial charge in [-0.05, 0) is 85.3 Å². The fraction of sp³-hybridized carbons (Fsp3) is 0.310. The standard InChI is InChI=1S/C29H30BrF2N3O2/c1-33-17-27(36)34-24-14-15-25(26(16-24)18-2-8-21(30)9-3-18)29(37)35-28(19-4-10-22(31)11-5-19)20-6-12-23(32)13-7-20/h2-13,24-26,28,33H,14-17H2,1H3,(H,34,36)(H,35,37)/t24-,25-,26+/m1/s1. The highest BCUT2D eigenvalue weighted by Crippen LogP contribution is 2.39. The molecule has 3 aromatic rings. The first kappa shape index (κ1) is 26.9. The van der Waals surface area contributed by atoms with Crippen LogP contribution in [0.1, 0.15) is 47.9 Å². The minimum absolute atomic E-state index is 0.0384. The van der Waals surface area contributed by atoms with E-state index in [-0.39, 0.29) is 47.9 Å². The van der Waals surface area contributed by atoms with E-state index < -0.39 is 6.04 Å². The molecule has 5 nitrogen and oxygen atoms in total. The largest absolute Gasteiger partial charge is 0.352 e. The summed E-state index contributed by atoms with van der Waals surface area (Å²) in [6, 6.07) is 19.2. The van der Waals surface area contributed by atoms with E-state index in [1.165, 1.54) is 24.3 Å². The van der Waals surface area contributed by atoms with Gasteiger partial charge in [-0.3, -0.25) is 9.59 Å². The fourth-order valence-corrected chi connectivity index (χ4v) is 5.32. The number of nitrogens with one attached hydrogen (secondary N) is 3. The van der Waals surface area contributed by atoms with Crippen molar-refractivity contribution in [1.29, 1.82) is 0 Å². The molecule has 0 heterocycles. The predicted molar refractivity (Wildman–Crippen MR) is 143 cm³/mol. The molecule has 1 aliphatic carbocycles. The van der Waals surface area contributed by atoms with Crippen molar-refractivity contribution < 1.29 is 18.4 Å². The van der Waals surface area contributed by atoms with Crippen LogP contribution in [0, 0.1) is 17.6 Å². The third-order valence-electron chi connectivity index (χ3n) is 6.88. The van der Waals surface area contributed by atoms with Crippen molar-refractivity contribution in [2.24, 2.45) is 5.92 Å². The molecule has 4 rings (SSSR count). The zero-order valence-electron chi connectivity index (χ0n) is 20.5. The maximum Gasteiger partial charge on any atom is 0.234 e. The van der Waals surface area contributed by atoms with Crippen molar-refractivity contribution >= 4 is 27.7 Å². The first-order chi connectivity index (χ1) is 17.8. The number of hydrogen-bond donors (Lipinski definition) is 3. The Balaban J connectivity index is 1.60. The molecule has 3 N–H and O–H groups in total. The Hall–Kier alpha value is -3.10. The van der Waals surface area contributed by atoms with Crippen molar-refractivity contribution in [2.75, 3.05) is 13.6 Å². The summed E-state index contributed by atoms with van der Waals surface area (Å²) in [5, 5.41) is 9.10. The second-order valence-electron chi connectivity index (χ2n) is 9.42. The number of rotatable bonds is 8. The summed E-state index contributed by atoms with van der Waals surface area (Å²) in [6.07, 6.45) is 1.90. The maximum absolute atomic E-state index is 13.8. The second kappa shape index (κ2) is 12.4. The maximum atomic E-state index is 13.8. The molecule has 0 radical (unpaired) electrons. The molecule has 1 saturated carbocycles. The molecule has 0 aromatic heterocycles. The second-order valence-corrected chi connectivity index (χ2v) is 10.3. The van der Waals surface area contributed by atoms with Crippen LogP contribution in [0.4, 0.5) is 8.78 Å². The molecule has 1 aliphatic rings. The van der Waals surface area contributed by atoms with Crippen LogP contribution in [0.25, 0.3) is 0 Å². The molecular formula is C29H30BrF2N3O2. The van der Waals surface area contributed by atoms with Gasteiger partial charge in [-0.25, -0.2) is 8.78 Å². The predicted octanol–water partition coefficient (Wildman–Crippen LogP) is 5.22. The summed E-state index contributed by atoms with van der Waals surface area (Å²) in [5.41, 5.74) is 2.43. The molecule has 0 saturated heterocycles. The van der Waals surface area contributed by atoms with Gasteiger partial charge in [0.25, 0.3) is 0 Å². The first-order valence-corrected chi connectivity index (χ1v) is 13.1. The van der Waals surface area contributed by atoms with Crippen molar-refractivity contribution in [3.05, 3.63) is 106 Å². The lowest BCUT2D eigenvalue weighted by Gasteiger charge is -2.37. The van der Waals surface area contributed by atoms with Crippen LogP contribution in [0.2, 0.25) is 0 Å².